The van der Waals surface area contributed by atoms with Crippen LogP contribution in [-0.2, 0) is 4.79 Å². The van der Waals surface area contributed by atoms with Crippen LogP contribution in [0.15, 0.2) is 0 Å². The van der Waals surface area contributed by atoms with Gasteiger partial charge in [-0.25, -0.2) is 0 Å². The molecule has 0 saturated heterocycles. The van der Waals surface area contributed by atoms with E-state index in [9.17, 15) is 4.79 Å². The monoisotopic (exact) mass is 227 g/mol. The van der Waals surface area contributed by atoms with E-state index in [0.717, 1.165) is 12.3 Å². The van der Waals surface area contributed by atoms with Crippen LogP contribution in [0.25, 0.3) is 0 Å². The van der Waals surface area contributed by atoms with Crippen LogP contribution in [0.2, 0.25) is 0 Å². The van der Waals surface area contributed by atoms with Gasteiger partial charge in [0.2, 0.25) is 0 Å². The van der Waals surface area contributed by atoms with Crippen LogP contribution in [-0.4, -0.2) is 17.6 Å². The van der Waals surface area contributed by atoms with E-state index in [-0.39, 0.29) is 12.3 Å². The molecule has 1 aliphatic rings. The molecule has 1 fully saturated rings. The average molecular weight is 227 g/mol. The van der Waals surface area contributed by atoms with E-state index in [1.54, 1.807) is 0 Å². The highest BCUT2D eigenvalue weighted by Gasteiger charge is 2.21. The summed E-state index contributed by atoms with van der Waals surface area (Å²) in [6, 6.07) is 0. The van der Waals surface area contributed by atoms with Gasteiger partial charge in [0.25, 0.3) is 0 Å². The molecule has 0 heterocycles. The first-order chi connectivity index (χ1) is 7.61. The number of carbonyl (C=O) groups is 1. The topological polar surface area (TPSA) is 63.3 Å². The molecule has 3 N–H and O–H groups in total. The Morgan fingerprint density at radius 2 is 2.19 bits per heavy atom. The van der Waals surface area contributed by atoms with Crippen molar-refractivity contribution in [1.29, 1.82) is 0 Å². The van der Waals surface area contributed by atoms with Crippen LogP contribution in [0.1, 0.15) is 51.9 Å². The second-order valence-electron chi connectivity index (χ2n) is 5.41. The predicted molar refractivity (Wildman–Crippen MR) is 65.2 cm³/mol. The van der Waals surface area contributed by atoms with Crippen molar-refractivity contribution < 1.29 is 9.90 Å². The molecule has 1 unspecified atom stereocenters. The van der Waals surface area contributed by atoms with Crippen LogP contribution >= 0.6 is 0 Å². The van der Waals surface area contributed by atoms with Crippen LogP contribution < -0.4 is 5.73 Å². The van der Waals surface area contributed by atoms with Gasteiger partial charge in [0.1, 0.15) is 0 Å². The first-order valence-corrected chi connectivity index (χ1v) is 6.53. The quantitative estimate of drug-likeness (QED) is 0.636. The second kappa shape index (κ2) is 6.89. The Bertz CT molecular complexity index is 214. The minimum atomic E-state index is -0.722. The molecule has 0 aromatic rings. The lowest BCUT2D eigenvalue weighted by Gasteiger charge is -2.17. The number of hydrogen-bond donors (Lipinski definition) is 2. The Morgan fingerprint density at radius 1 is 1.50 bits per heavy atom. The molecule has 0 amide bonds. The molecule has 0 aromatic heterocycles. The second-order valence-corrected chi connectivity index (χ2v) is 5.41. The van der Waals surface area contributed by atoms with E-state index in [1.165, 1.54) is 32.1 Å². The van der Waals surface area contributed by atoms with E-state index < -0.39 is 5.97 Å². The summed E-state index contributed by atoms with van der Waals surface area (Å²) in [5.74, 6) is 1.07. The van der Waals surface area contributed by atoms with Gasteiger partial charge in [-0.2, -0.15) is 0 Å². The summed E-state index contributed by atoms with van der Waals surface area (Å²) >= 11 is 0. The number of carboxylic acid groups (broad SMARTS) is 1. The minimum absolute atomic E-state index is 0.161. The summed E-state index contributed by atoms with van der Waals surface area (Å²) in [7, 11) is 0. The summed E-state index contributed by atoms with van der Waals surface area (Å²) in [5, 5.41) is 8.73. The van der Waals surface area contributed by atoms with Crippen molar-refractivity contribution in [2.75, 3.05) is 6.54 Å². The third-order valence-electron chi connectivity index (χ3n) is 3.54. The molecular formula is C13H25NO2. The molecule has 2 atom stereocenters. The molecule has 0 aliphatic heterocycles. The SMILES string of the molecule is C[C@H](CCCC1CC1)CC(CN)CC(=O)O. The van der Waals surface area contributed by atoms with Gasteiger partial charge in [-0.05, 0) is 30.7 Å². The predicted octanol–water partition coefficient (Wildman–Crippen LogP) is 2.64. The lowest BCUT2D eigenvalue weighted by molar-refractivity contribution is -0.138. The van der Waals surface area contributed by atoms with Gasteiger partial charge in [-0.3, -0.25) is 4.79 Å². The Hall–Kier alpha value is -0.570. The molecule has 0 aromatic carbocycles. The van der Waals surface area contributed by atoms with E-state index in [4.69, 9.17) is 10.8 Å². The molecule has 3 heteroatoms. The van der Waals surface area contributed by atoms with Gasteiger partial charge in [0, 0.05) is 6.42 Å². The van der Waals surface area contributed by atoms with Crippen LogP contribution in [0.3, 0.4) is 0 Å². The minimum Gasteiger partial charge on any atom is -0.481 e. The molecule has 94 valence electrons. The van der Waals surface area contributed by atoms with E-state index in [2.05, 4.69) is 6.92 Å². The maximum absolute atomic E-state index is 10.6. The van der Waals surface area contributed by atoms with E-state index in [1.807, 2.05) is 0 Å². The van der Waals surface area contributed by atoms with Crippen molar-refractivity contribution in [3.8, 4) is 0 Å². The first kappa shape index (κ1) is 13.5. The zero-order valence-corrected chi connectivity index (χ0v) is 10.3. The Kier molecular flexibility index (Phi) is 5.81. The van der Waals surface area contributed by atoms with Gasteiger partial charge < -0.3 is 10.8 Å². The summed E-state index contributed by atoms with van der Waals surface area (Å²) in [5.41, 5.74) is 5.59. The first-order valence-electron chi connectivity index (χ1n) is 6.53. The van der Waals surface area contributed by atoms with Gasteiger partial charge in [0.05, 0.1) is 0 Å². The fourth-order valence-electron chi connectivity index (χ4n) is 2.36. The average Bonchev–Trinajstić information content (AvgIpc) is 3.00. The number of nitrogens with two attached hydrogens (primary N) is 1. The van der Waals surface area contributed by atoms with Crippen molar-refractivity contribution in [3.63, 3.8) is 0 Å². The van der Waals surface area contributed by atoms with Crippen molar-refractivity contribution in [2.45, 2.75) is 51.9 Å². The van der Waals surface area contributed by atoms with Gasteiger partial charge in [-0.15, -0.1) is 0 Å². The number of rotatable bonds is 9. The standard InChI is InChI=1S/C13H25NO2/c1-10(3-2-4-11-5-6-11)7-12(9-14)8-13(15)16/h10-12H,2-9,14H2,1H3,(H,15,16)/t10-,12?/m1/s1. The summed E-state index contributed by atoms with van der Waals surface area (Å²) in [6.45, 7) is 2.72. The van der Waals surface area contributed by atoms with E-state index >= 15 is 0 Å². The van der Waals surface area contributed by atoms with Crippen LogP contribution in [0.5, 0.6) is 0 Å². The molecule has 3 nitrogen and oxygen atoms in total. The molecule has 1 saturated carbocycles. The van der Waals surface area contributed by atoms with Crippen molar-refractivity contribution in [1.82, 2.24) is 0 Å². The Balaban J connectivity index is 2.08. The summed E-state index contributed by atoms with van der Waals surface area (Å²) in [4.78, 5) is 10.6. The van der Waals surface area contributed by atoms with Gasteiger partial charge in [0.15, 0.2) is 0 Å². The van der Waals surface area contributed by atoms with Crippen LogP contribution in [0.4, 0.5) is 0 Å². The lowest BCUT2D eigenvalue weighted by atomic mass is 9.90. The number of carboxylic acids is 1. The maximum atomic E-state index is 10.6. The highest BCUT2D eigenvalue weighted by Crippen LogP contribution is 2.34. The van der Waals surface area contributed by atoms with Crippen molar-refractivity contribution in [3.05, 3.63) is 0 Å². The van der Waals surface area contributed by atoms with Crippen molar-refractivity contribution >= 4 is 5.97 Å². The summed E-state index contributed by atoms with van der Waals surface area (Å²) < 4.78 is 0. The smallest absolute Gasteiger partial charge is 0.303 e. The molecular weight excluding hydrogens is 202 g/mol. The fraction of sp³-hybridized carbons (Fsp3) is 0.923. The van der Waals surface area contributed by atoms with Crippen LogP contribution in [0, 0.1) is 17.8 Å². The van der Waals surface area contributed by atoms with E-state index in [0.29, 0.717) is 12.5 Å². The van der Waals surface area contributed by atoms with Gasteiger partial charge >= 0.3 is 5.97 Å². The maximum Gasteiger partial charge on any atom is 0.303 e. The molecule has 1 rings (SSSR count). The third kappa shape index (κ3) is 6.11. The molecule has 0 spiro atoms. The molecule has 1 aliphatic carbocycles. The lowest BCUT2D eigenvalue weighted by Crippen LogP contribution is -2.20. The molecule has 0 bridgehead atoms. The zero-order chi connectivity index (χ0) is 12.0. The zero-order valence-electron chi connectivity index (χ0n) is 10.3. The molecule has 16 heavy (non-hydrogen) atoms. The largest absolute Gasteiger partial charge is 0.481 e. The Labute approximate surface area is 98.4 Å². The fourth-order valence-corrected chi connectivity index (χ4v) is 2.36. The third-order valence-corrected chi connectivity index (χ3v) is 3.54. The van der Waals surface area contributed by atoms with Gasteiger partial charge in [-0.1, -0.05) is 39.0 Å². The number of aliphatic carboxylic acids is 1. The molecule has 0 radical (unpaired) electrons. The normalized spacial score (nSPS) is 19.4. The van der Waals surface area contributed by atoms with Crippen molar-refractivity contribution in [2.24, 2.45) is 23.5 Å². The highest BCUT2D eigenvalue weighted by molar-refractivity contribution is 5.67. The Morgan fingerprint density at radius 3 is 2.69 bits per heavy atom. The highest BCUT2D eigenvalue weighted by atomic mass is 16.4. The number of hydrogen-bond acceptors (Lipinski definition) is 2. The summed E-state index contributed by atoms with van der Waals surface area (Å²) in [6.07, 6.45) is 7.95.